The third-order valence-corrected chi connectivity index (χ3v) is 2.77. The number of carbonyl (C=O) groups excluding carboxylic acids is 1. The van der Waals surface area contributed by atoms with Crippen LogP contribution >= 0.6 is 23.2 Å². The number of anilines is 1. The van der Waals surface area contributed by atoms with Crippen molar-refractivity contribution in [1.82, 2.24) is 4.98 Å². The van der Waals surface area contributed by atoms with E-state index in [1.807, 2.05) is 0 Å². The topological polar surface area (TPSA) is 51.2 Å². The zero-order chi connectivity index (χ0) is 13.7. The van der Waals surface area contributed by atoms with Crippen molar-refractivity contribution in [2.75, 3.05) is 11.9 Å². The maximum atomic E-state index is 11.7. The summed E-state index contributed by atoms with van der Waals surface area (Å²) < 4.78 is 5.26. The number of pyridine rings is 1. The number of carbonyl (C=O) groups is 1. The summed E-state index contributed by atoms with van der Waals surface area (Å²) in [6, 6.07) is 8.27. The third-order valence-electron chi connectivity index (χ3n) is 2.21. The molecule has 1 heterocycles. The lowest BCUT2D eigenvalue weighted by Crippen LogP contribution is -2.20. The van der Waals surface area contributed by atoms with Gasteiger partial charge in [-0.1, -0.05) is 23.2 Å². The van der Waals surface area contributed by atoms with Crippen LogP contribution in [-0.4, -0.2) is 17.5 Å². The highest BCUT2D eigenvalue weighted by molar-refractivity contribution is 6.35. The summed E-state index contributed by atoms with van der Waals surface area (Å²) in [6.07, 6.45) is 3.15. The van der Waals surface area contributed by atoms with Crippen LogP contribution in [0.4, 0.5) is 5.69 Å². The van der Waals surface area contributed by atoms with Crippen LogP contribution in [0.2, 0.25) is 10.0 Å². The Morgan fingerprint density at radius 3 is 2.89 bits per heavy atom. The first-order valence-electron chi connectivity index (χ1n) is 5.43. The van der Waals surface area contributed by atoms with Crippen LogP contribution in [0.5, 0.6) is 5.75 Å². The summed E-state index contributed by atoms with van der Waals surface area (Å²) in [7, 11) is 0. The molecule has 0 aliphatic carbocycles. The first-order valence-corrected chi connectivity index (χ1v) is 6.18. The predicted octanol–water partition coefficient (Wildman–Crippen LogP) is 3.41. The summed E-state index contributed by atoms with van der Waals surface area (Å²) in [6.45, 7) is -0.130. The van der Waals surface area contributed by atoms with Gasteiger partial charge in [-0.05, 0) is 30.3 Å². The number of aromatic nitrogens is 1. The average Bonchev–Trinajstić information content (AvgIpc) is 2.42. The minimum Gasteiger partial charge on any atom is -0.482 e. The van der Waals surface area contributed by atoms with Gasteiger partial charge in [0.2, 0.25) is 0 Å². The Balaban J connectivity index is 1.93. The van der Waals surface area contributed by atoms with Crippen molar-refractivity contribution in [2.24, 2.45) is 0 Å². The second-order valence-electron chi connectivity index (χ2n) is 3.65. The van der Waals surface area contributed by atoms with Crippen LogP contribution in [0.1, 0.15) is 0 Å². The summed E-state index contributed by atoms with van der Waals surface area (Å²) in [5, 5.41) is 3.53. The second-order valence-corrected chi connectivity index (χ2v) is 4.49. The standard InChI is InChI=1S/C13H10Cl2N2O2/c14-9-3-4-11(15)12(6-9)17-13(18)8-19-10-2-1-5-16-7-10/h1-7H,8H2,(H,17,18). The molecular formula is C13H10Cl2N2O2. The molecule has 0 atom stereocenters. The molecule has 1 aromatic carbocycles. The van der Waals surface area contributed by atoms with Crippen LogP contribution in [0, 0.1) is 0 Å². The predicted molar refractivity (Wildman–Crippen MR) is 74.8 cm³/mol. The van der Waals surface area contributed by atoms with Gasteiger partial charge in [0.25, 0.3) is 5.91 Å². The van der Waals surface area contributed by atoms with Crippen LogP contribution < -0.4 is 10.1 Å². The highest BCUT2D eigenvalue weighted by Crippen LogP contribution is 2.25. The molecule has 0 saturated heterocycles. The highest BCUT2D eigenvalue weighted by Gasteiger charge is 2.07. The normalized spacial score (nSPS) is 10.0. The van der Waals surface area contributed by atoms with Gasteiger partial charge in [0, 0.05) is 11.2 Å². The van der Waals surface area contributed by atoms with Gasteiger partial charge >= 0.3 is 0 Å². The van der Waals surface area contributed by atoms with Crippen LogP contribution in [0.15, 0.2) is 42.7 Å². The number of amides is 1. The lowest BCUT2D eigenvalue weighted by molar-refractivity contribution is -0.118. The quantitative estimate of drug-likeness (QED) is 0.941. The zero-order valence-electron chi connectivity index (χ0n) is 9.77. The van der Waals surface area contributed by atoms with E-state index < -0.39 is 0 Å². The Labute approximate surface area is 120 Å². The molecule has 1 amide bonds. The summed E-state index contributed by atoms with van der Waals surface area (Å²) in [5.41, 5.74) is 0.453. The van der Waals surface area contributed by atoms with Crippen molar-refractivity contribution in [3.8, 4) is 5.75 Å². The average molecular weight is 297 g/mol. The van der Waals surface area contributed by atoms with E-state index in [0.29, 0.717) is 21.5 Å². The van der Waals surface area contributed by atoms with Crippen LogP contribution in [0.25, 0.3) is 0 Å². The molecule has 0 unspecified atom stereocenters. The molecular weight excluding hydrogens is 287 g/mol. The molecule has 19 heavy (non-hydrogen) atoms. The molecule has 2 aromatic rings. The number of hydrogen-bond donors (Lipinski definition) is 1. The SMILES string of the molecule is O=C(COc1cccnc1)Nc1cc(Cl)ccc1Cl. The fourth-order valence-electron chi connectivity index (χ4n) is 1.36. The van der Waals surface area contributed by atoms with Crippen molar-refractivity contribution in [2.45, 2.75) is 0 Å². The lowest BCUT2D eigenvalue weighted by atomic mass is 10.3. The maximum Gasteiger partial charge on any atom is 0.262 e. The molecule has 0 aliphatic rings. The van der Waals surface area contributed by atoms with Gasteiger partial charge < -0.3 is 10.1 Å². The van der Waals surface area contributed by atoms with Crippen LogP contribution in [-0.2, 0) is 4.79 Å². The first-order chi connectivity index (χ1) is 9.15. The Kier molecular flexibility index (Phi) is 4.60. The monoisotopic (exact) mass is 296 g/mol. The van der Waals surface area contributed by atoms with E-state index in [1.54, 1.807) is 36.5 Å². The van der Waals surface area contributed by atoms with Gasteiger partial charge in [0.15, 0.2) is 6.61 Å². The van der Waals surface area contributed by atoms with Gasteiger partial charge in [0.1, 0.15) is 5.75 Å². The fourth-order valence-corrected chi connectivity index (χ4v) is 1.70. The summed E-state index contributed by atoms with van der Waals surface area (Å²) in [5.74, 6) is 0.197. The van der Waals surface area contributed by atoms with E-state index in [0.717, 1.165) is 0 Å². The smallest absolute Gasteiger partial charge is 0.262 e. The van der Waals surface area contributed by atoms with Crippen molar-refractivity contribution in [3.63, 3.8) is 0 Å². The summed E-state index contributed by atoms with van der Waals surface area (Å²) >= 11 is 11.8. The minimum absolute atomic E-state index is 0.130. The molecule has 0 aliphatic heterocycles. The third kappa shape index (κ3) is 4.12. The van der Waals surface area contributed by atoms with E-state index in [1.165, 1.54) is 6.20 Å². The zero-order valence-corrected chi connectivity index (χ0v) is 11.3. The number of benzene rings is 1. The first kappa shape index (κ1) is 13.6. The second kappa shape index (κ2) is 6.41. The number of halogens is 2. The molecule has 0 radical (unpaired) electrons. The van der Waals surface area contributed by atoms with E-state index in [-0.39, 0.29) is 12.5 Å². The Hall–Kier alpha value is -1.78. The molecule has 0 bridgehead atoms. The van der Waals surface area contributed by atoms with Gasteiger partial charge in [-0.3, -0.25) is 9.78 Å². The number of rotatable bonds is 4. The number of hydrogen-bond acceptors (Lipinski definition) is 3. The highest BCUT2D eigenvalue weighted by atomic mass is 35.5. The molecule has 4 nitrogen and oxygen atoms in total. The maximum absolute atomic E-state index is 11.7. The molecule has 98 valence electrons. The molecule has 2 rings (SSSR count). The van der Waals surface area contributed by atoms with Crippen molar-refractivity contribution in [3.05, 3.63) is 52.8 Å². The Morgan fingerprint density at radius 1 is 1.32 bits per heavy atom. The Morgan fingerprint density at radius 2 is 2.16 bits per heavy atom. The van der Waals surface area contributed by atoms with Crippen molar-refractivity contribution >= 4 is 34.8 Å². The largest absolute Gasteiger partial charge is 0.482 e. The van der Waals surface area contributed by atoms with Gasteiger partial charge in [0.05, 0.1) is 16.9 Å². The van der Waals surface area contributed by atoms with Crippen LogP contribution in [0.3, 0.4) is 0 Å². The van der Waals surface area contributed by atoms with E-state index in [4.69, 9.17) is 27.9 Å². The number of nitrogens with zero attached hydrogens (tertiary/aromatic N) is 1. The molecule has 6 heteroatoms. The van der Waals surface area contributed by atoms with E-state index >= 15 is 0 Å². The summed E-state index contributed by atoms with van der Waals surface area (Å²) in [4.78, 5) is 15.6. The van der Waals surface area contributed by atoms with Gasteiger partial charge in [-0.2, -0.15) is 0 Å². The van der Waals surface area contributed by atoms with Gasteiger partial charge in [-0.25, -0.2) is 0 Å². The van der Waals surface area contributed by atoms with Gasteiger partial charge in [-0.15, -0.1) is 0 Å². The van der Waals surface area contributed by atoms with Crippen molar-refractivity contribution < 1.29 is 9.53 Å². The molecule has 1 N–H and O–H groups in total. The molecule has 1 aromatic heterocycles. The molecule has 0 fully saturated rings. The number of ether oxygens (including phenoxy) is 1. The minimum atomic E-state index is -0.326. The molecule has 0 saturated carbocycles. The fraction of sp³-hybridized carbons (Fsp3) is 0.0769. The number of nitrogens with one attached hydrogen (secondary N) is 1. The van der Waals surface area contributed by atoms with Crippen molar-refractivity contribution in [1.29, 1.82) is 0 Å². The van der Waals surface area contributed by atoms with E-state index in [2.05, 4.69) is 10.3 Å². The van der Waals surface area contributed by atoms with E-state index in [9.17, 15) is 4.79 Å². The Bertz CT molecular complexity index is 576. The molecule has 0 spiro atoms. The lowest BCUT2D eigenvalue weighted by Gasteiger charge is -2.08.